The van der Waals surface area contributed by atoms with E-state index >= 15 is 0 Å². The van der Waals surface area contributed by atoms with Gasteiger partial charge in [-0.05, 0) is 61.7 Å². The van der Waals surface area contributed by atoms with Crippen molar-refractivity contribution in [1.29, 1.82) is 0 Å². The van der Waals surface area contributed by atoms with Crippen LogP contribution in [0.2, 0.25) is 10.0 Å². The molecule has 1 atom stereocenters. The molecule has 0 bridgehead atoms. The molecular formula is C28H31Cl2N3O4S. The lowest BCUT2D eigenvalue weighted by Gasteiger charge is -2.32. The third-order valence-electron chi connectivity index (χ3n) is 6.28. The van der Waals surface area contributed by atoms with Gasteiger partial charge in [0.15, 0.2) is 0 Å². The van der Waals surface area contributed by atoms with E-state index in [1.807, 2.05) is 26.0 Å². The molecule has 3 aromatic carbocycles. The molecule has 0 fully saturated rings. The zero-order chi connectivity index (χ0) is 28.0. The van der Waals surface area contributed by atoms with E-state index in [1.165, 1.54) is 24.1 Å². The molecule has 0 spiro atoms. The first kappa shape index (κ1) is 29.5. The lowest BCUT2D eigenvalue weighted by atomic mass is 10.1. The van der Waals surface area contributed by atoms with Gasteiger partial charge in [-0.3, -0.25) is 13.9 Å². The predicted octanol–water partition coefficient (Wildman–Crippen LogP) is 5.22. The molecule has 0 radical (unpaired) electrons. The topological polar surface area (TPSA) is 86.8 Å². The maximum atomic E-state index is 13.9. The summed E-state index contributed by atoms with van der Waals surface area (Å²) < 4.78 is 29.0. The molecule has 0 heterocycles. The summed E-state index contributed by atoms with van der Waals surface area (Å²) >= 11 is 12.2. The first-order valence-electron chi connectivity index (χ1n) is 12.1. The Morgan fingerprint density at radius 3 is 2.24 bits per heavy atom. The van der Waals surface area contributed by atoms with E-state index in [2.05, 4.69) is 5.32 Å². The number of nitrogens with zero attached hydrogens (tertiary/aromatic N) is 2. The highest BCUT2D eigenvalue weighted by Crippen LogP contribution is 2.29. The Morgan fingerprint density at radius 2 is 1.63 bits per heavy atom. The minimum absolute atomic E-state index is 0.0259. The number of nitrogens with one attached hydrogen (secondary N) is 1. The molecule has 3 aromatic rings. The van der Waals surface area contributed by atoms with Gasteiger partial charge in [-0.1, -0.05) is 72.1 Å². The quantitative estimate of drug-likeness (QED) is 0.359. The average Bonchev–Trinajstić information content (AvgIpc) is 2.91. The molecule has 202 valence electrons. The Kier molecular flexibility index (Phi) is 9.82. The first-order chi connectivity index (χ1) is 18.0. The largest absolute Gasteiger partial charge is 0.357 e. The summed E-state index contributed by atoms with van der Waals surface area (Å²) in [5.41, 5.74) is 2.73. The fourth-order valence-corrected chi connectivity index (χ4v) is 5.80. The highest BCUT2D eigenvalue weighted by Gasteiger charge is 2.33. The molecule has 0 saturated heterocycles. The van der Waals surface area contributed by atoms with Crippen molar-refractivity contribution < 1.29 is 18.0 Å². The Hall–Kier alpha value is -3.07. The fourth-order valence-electron chi connectivity index (χ4n) is 4.03. The molecule has 7 nitrogen and oxygen atoms in total. The smallest absolute Gasteiger partial charge is 0.264 e. The van der Waals surface area contributed by atoms with Gasteiger partial charge < -0.3 is 10.2 Å². The zero-order valence-electron chi connectivity index (χ0n) is 21.7. The lowest BCUT2D eigenvalue weighted by molar-refractivity contribution is -0.139. The van der Waals surface area contributed by atoms with E-state index in [0.717, 1.165) is 15.4 Å². The van der Waals surface area contributed by atoms with Crippen molar-refractivity contribution in [2.24, 2.45) is 0 Å². The van der Waals surface area contributed by atoms with E-state index in [9.17, 15) is 18.0 Å². The van der Waals surface area contributed by atoms with Crippen molar-refractivity contribution in [2.45, 2.75) is 44.7 Å². The number of hydrogen-bond donors (Lipinski definition) is 1. The molecule has 1 N–H and O–H groups in total. The van der Waals surface area contributed by atoms with Crippen molar-refractivity contribution in [2.75, 3.05) is 17.9 Å². The number of carbonyl (C=O) groups excluding carboxylic acids is 2. The van der Waals surface area contributed by atoms with Gasteiger partial charge in [0.05, 0.1) is 20.6 Å². The molecule has 38 heavy (non-hydrogen) atoms. The average molecular weight is 577 g/mol. The number of anilines is 1. The summed E-state index contributed by atoms with van der Waals surface area (Å²) in [5.74, 6) is -0.936. The molecule has 0 unspecified atom stereocenters. The van der Waals surface area contributed by atoms with Gasteiger partial charge in [0, 0.05) is 13.6 Å². The van der Waals surface area contributed by atoms with Gasteiger partial charge >= 0.3 is 0 Å². The van der Waals surface area contributed by atoms with Crippen LogP contribution in [0.5, 0.6) is 0 Å². The summed E-state index contributed by atoms with van der Waals surface area (Å²) in [5, 5.41) is 3.23. The Labute approximate surface area is 234 Å². The second-order valence-corrected chi connectivity index (χ2v) is 11.5. The number of benzene rings is 3. The minimum atomic E-state index is -4.12. The minimum Gasteiger partial charge on any atom is -0.357 e. The number of para-hydroxylation sites is 1. The van der Waals surface area contributed by atoms with Crippen LogP contribution in [-0.2, 0) is 32.6 Å². The fraction of sp³-hybridized carbons (Fsp3) is 0.286. The second kappa shape index (κ2) is 12.7. The number of aryl methyl sites for hydroxylation is 2. The van der Waals surface area contributed by atoms with Crippen LogP contribution in [0.1, 0.15) is 30.5 Å². The van der Waals surface area contributed by atoms with E-state index in [-0.39, 0.29) is 17.3 Å². The molecule has 0 aliphatic carbocycles. The molecule has 0 saturated carbocycles. The molecule has 0 aromatic heterocycles. The van der Waals surface area contributed by atoms with Crippen molar-refractivity contribution >= 4 is 50.7 Å². The zero-order valence-corrected chi connectivity index (χ0v) is 24.1. The third-order valence-corrected chi connectivity index (χ3v) is 8.79. The summed E-state index contributed by atoms with van der Waals surface area (Å²) in [7, 11) is -2.64. The number of amides is 2. The van der Waals surface area contributed by atoms with Gasteiger partial charge in [0.2, 0.25) is 11.8 Å². The summed E-state index contributed by atoms with van der Waals surface area (Å²) in [6.45, 7) is 4.90. The molecule has 2 amide bonds. The van der Waals surface area contributed by atoms with Crippen LogP contribution in [0.3, 0.4) is 0 Å². The molecule has 0 aliphatic heterocycles. The number of hydrogen-bond acceptors (Lipinski definition) is 4. The number of sulfonamides is 1. The van der Waals surface area contributed by atoms with E-state index in [1.54, 1.807) is 49.4 Å². The van der Waals surface area contributed by atoms with Crippen LogP contribution in [0, 0.1) is 6.92 Å². The van der Waals surface area contributed by atoms with Gasteiger partial charge in [0.1, 0.15) is 12.6 Å². The molecular weight excluding hydrogens is 545 g/mol. The second-order valence-electron chi connectivity index (χ2n) is 8.87. The van der Waals surface area contributed by atoms with Gasteiger partial charge in [-0.2, -0.15) is 0 Å². The number of rotatable bonds is 10. The summed E-state index contributed by atoms with van der Waals surface area (Å²) in [6, 6.07) is 17.6. The SMILES string of the molecule is CCc1ccccc1N(CC(=O)N(Cc1ccc(Cl)c(Cl)c1)[C@H](C)C(=O)NC)S(=O)(=O)c1ccc(C)cc1. The van der Waals surface area contributed by atoms with Gasteiger partial charge in [-0.25, -0.2) is 8.42 Å². The first-order valence-corrected chi connectivity index (χ1v) is 14.3. The third kappa shape index (κ3) is 6.67. The molecule has 10 heteroatoms. The van der Waals surface area contributed by atoms with E-state index in [4.69, 9.17) is 23.2 Å². The Morgan fingerprint density at radius 1 is 0.974 bits per heavy atom. The van der Waals surface area contributed by atoms with Crippen LogP contribution in [0.15, 0.2) is 71.6 Å². The summed E-state index contributed by atoms with van der Waals surface area (Å²) in [6.07, 6.45) is 0.561. The highest BCUT2D eigenvalue weighted by molar-refractivity contribution is 7.92. The van der Waals surface area contributed by atoms with Gasteiger partial charge in [-0.15, -0.1) is 0 Å². The maximum absolute atomic E-state index is 13.9. The van der Waals surface area contributed by atoms with Crippen molar-refractivity contribution in [3.8, 4) is 0 Å². The van der Waals surface area contributed by atoms with Crippen molar-refractivity contribution in [3.63, 3.8) is 0 Å². The van der Waals surface area contributed by atoms with E-state index < -0.39 is 28.5 Å². The van der Waals surface area contributed by atoms with Crippen LogP contribution in [0.25, 0.3) is 0 Å². The van der Waals surface area contributed by atoms with Crippen molar-refractivity contribution in [1.82, 2.24) is 10.2 Å². The monoisotopic (exact) mass is 575 g/mol. The number of carbonyl (C=O) groups is 2. The van der Waals surface area contributed by atoms with Gasteiger partial charge in [0.25, 0.3) is 10.0 Å². The van der Waals surface area contributed by atoms with Crippen LogP contribution >= 0.6 is 23.2 Å². The predicted molar refractivity (Wildman–Crippen MR) is 152 cm³/mol. The van der Waals surface area contributed by atoms with Crippen LogP contribution in [-0.4, -0.2) is 44.8 Å². The highest BCUT2D eigenvalue weighted by atomic mass is 35.5. The Bertz CT molecular complexity index is 1410. The van der Waals surface area contributed by atoms with Crippen LogP contribution < -0.4 is 9.62 Å². The van der Waals surface area contributed by atoms with Crippen LogP contribution in [0.4, 0.5) is 5.69 Å². The normalized spacial score (nSPS) is 12.1. The maximum Gasteiger partial charge on any atom is 0.264 e. The number of likely N-dealkylation sites (N-methyl/N-ethyl adjacent to an activating group) is 1. The lowest BCUT2D eigenvalue weighted by Crippen LogP contribution is -2.50. The number of halogens is 2. The Balaban J connectivity index is 2.08. The molecule has 3 rings (SSSR count). The summed E-state index contributed by atoms with van der Waals surface area (Å²) in [4.78, 5) is 27.9. The standard InChI is InChI=1S/C28H31Cl2N3O4S/c1-5-22-8-6-7-9-26(22)33(38(36,37)23-13-10-19(2)11-14-23)18-27(34)32(20(3)28(35)31-4)17-21-12-15-24(29)25(30)16-21/h6-16,20H,5,17-18H2,1-4H3,(H,31,35)/t20-/m1/s1. The van der Waals surface area contributed by atoms with Crippen molar-refractivity contribution in [3.05, 3.63) is 93.5 Å². The van der Waals surface area contributed by atoms with E-state index in [0.29, 0.717) is 27.7 Å². The molecule has 0 aliphatic rings.